The zero-order valence-corrected chi connectivity index (χ0v) is 16.3. The van der Waals surface area contributed by atoms with Crippen LogP contribution in [0.5, 0.6) is 0 Å². The highest BCUT2D eigenvalue weighted by Gasteiger charge is 2.30. The molecule has 1 aliphatic heterocycles. The van der Waals surface area contributed by atoms with Crippen LogP contribution in [0.2, 0.25) is 5.02 Å². The zero-order valence-electron chi connectivity index (χ0n) is 14.7. The van der Waals surface area contributed by atoms with E-state index in [1.807, 2.05) is 42.3 Å². The predicted molar refractivity (Wildman–Crippen MR) is 103 cm³/mol. The molecule has 1 atom stereocenters. The second-order valence-corrected chi connectivity index (χ2v) is 6.94. The van der Waals surface area contributed by atoms with E-state index in [2.05, 4.69) is 24.3 Å². The van der Waals surface area contributed by atoms with Crippen LogP contribution in [0.15, 0.2) is 30.3 Å². The summed E-state index contributed by atoms with van der Waals surface area (Å²) in [4.78, 5) is 14.9. The molecule has 0 radical (unpaired) electrons. The minimum Gasteiger partial charge on any atom is -0.328 e. The molecule has 1 saturated heterocycles. The summed E-state index contributed by atoms with van der Waals surface area (Å²) in [6.45, 7) is 6.36. The van der Waals surface area contributed by atoms with Crippen LogP contribution < -0.4 is 5.32 Å². The highest BCUT2D eigenvalue weighted by atomic mass is 35.5. The molecule has 1 aromatic carbocycles. The molecule has 2 heterocycles. The summed E-state index contributed by atoms with van der Waals surface area (Å²) >= 11 is 6.13. The van der Waals surface area contributed by atoms with Crippen LogP contribution in [0.4, 0.5) is 0 Å². The van der Waals surface area contributed by atoms with Gasteiger partial charge >= 0.3 is 0 Å². The van der Waals surface area contributed by atoms with Gasteiger partial charge in [-0.2, -0.15) is 5.10 Å². The number of benzene rings is 1. The minimum absolute atomic E-state index is 0. The zero-order chi connectivity index (χ0) is 17.3. The fraction of sp³-hybridized carbons (Fsp3) is 0.444. The molecule has 1 N–H and O–H groups in total. The number of nitrogens with zero attached hydrogens (tertiary/aromatic N) is 3. The third-order valence-corrected chi connectivity index (χ3v) is 4.70. The third-order valence-electron chi connectivity index (χ3n) is 4.46. The minimum atomic E-state index is -0.0329. The molecule has 1 aromatic heterocycles. The van der Waals surface area contributed by atoms with Crippen molar-refractivity contribution in [3.05, 3.63) is 52.3 Å². The summed E-state index contributed by atoms with van der Waals surface area (Å²) in [6, 6.07) is 9.59. The molecule has 0 aliphatic carbocycles. The number of aromatic nitrogens is 2. The molecule has 1 aliphatic rings. The Labute approximate surface area is 159 Å². The molecule has 1 unspecified atom stereocenters. The van der Waals surface area contributed by atoms with Crippen molar-refractivity contribution >= 4 is 29.9 Å². The van der Waals surface area contributed by atoms with E-state index in [0.717, 1.165) is 24.3 Å². The van der Waals surface area contributed by atoms with Crippen LogP contribution in [0.1, 0.15) is 47.6 Å². The van der Waals surface area contributed by atoms with Gasteiger partial charge in [0.2, 0.25) is 0 Å². The van der Waals surface area contributed by atoms with E-state index in [1.54, 1.807) is 4.68 Å². The van der Waals surface area contributed by atoms with Crippen molar-refractivity contribution < 1.29 is 4.79 Å². The van der Waals surface area contributed by atoms with Crippen molar-refractivity contribution in [1.82, 2.24) is 20.0 Å². The third kappa shape index (κ3) is 4.17. The number of halogens is 2. The number of aryl methyl sites for hydroxylation is 1. The maximum atomic E-state index is 13.0. The van der Waals surface area contributed by atoms with Crippen molar-refractivity contribution in [2.75, 3.05) is 19.6 Å². The van der Waals surface area contributed by atoms with E-state index in [-0.39, 0.29) is 24.4 Å². The van der Waals surface area contributed by atoms with Gasteiger partial charge in [-0.05, 0) is 29.7 Å². The fourth-order valence-corrected chi connectivity index (χ4v) is 3.43. The highest BCUT2D eigenvalue weighted by Crippen LogP contribution is 2.26. The molecule has 25 heavy (non-hydrogen) atoms. The Hall–Kier alpha value is -1.56. The fourth-order valence-electron chi connectivity index (χ4n) is 3.23. The van der Waals surface area contributed by atoms with Crippen molar-refractivity contribution in [2.24, 2.45) is 7.05 Å². The Balaban J connectivity index is 0.00000225. The van der Waals surface area contributed by atoms with Gasteiger partial charge in [0.05, 0.1) is 6.04 Å². The highest BCUT2D eigenvalue weighted by molar-refractivity contribution is 6.30. The summed E-state index contributed by atoms with van der Waals surface area (Å²) in [5, 5.41) is 8.48. The van der Waals surface area contributed by atoms with Crippen LogP contribution in [0, 0.1) is 0 Å². The van der Waals surface area contributed by atoms with E-state index in [4.69, 9.17) is 11.6 Å². The quantitative estimate of drug-likeness (QED) is 0.884. The average Bonchev–Trinajstić information content (AvgIpc) is 2.96. The van der Waals surface area contributed by atoms with Crippen LogP contribution in [-0.4, -0.2) is 40.2 Å². The molecular weight excluding hydrogens is 359 g/mol. The van der Waals surface area contributed by atoms with Crippen LogP contribution in [0.3, 0.4) is 0 Å². The lowest BCUT2D eigenvalue weighted by Gasteiger charge is -2.36. The van der Waals surface area contributed by atoms with Gasteiger partial charge < -0.3 is 10.2 Å². The molecule has 1 amide bonds. The van der Waals surface area contributed by atoms with E-state index in [0.29, 0.717) is 23.2 Å². The van der Waals surface area contributed by atoms with Crippen molar-refractivity contribution in [3.63, 3.8) is 0 Å². The van der Waals surface area contributed by atoms with Crippen LogP contribution in [0.25, 0.3) is 0 Å². The second-order valence-electron chi connectivity index (χ2n) is 6.51. The largest absolute Gasteiger partial charge is 0.328 e. The smallest absolute Gasteiger partial charge is 0.274 e. The number of rotatable bonds is 3. The summed E-state index contributed by atoms with van der Waals surface area (Å²) in [5.74, 6) is 0.305. The summed E-state index contributed by atoms with van der Waals surface area (Å²) in [5.41, 5.74) is 2.62. The number of carbonyl (C=O) groups excluding carboxylic acids is 1. The van der Waals surface area contributed by atoms with Gasteiger partial charge in [0.25, 0.3) is 5.91 Å². The molecule has 0 saturated carbocycles. The van der Waals surface area contributed by atoms with Crippen molar-refractivity contribution in [3.8, 4) is 0 Å². The van der Waals surface area contributed by atoms with Gasteiger partial charge in [-0.1, -0.05) is 37.6 Å². The Morgan fingerprint density at radius 2 is 2.12 bits per heavy atom. The molecular formula is C18H24Cl2N4O. The average molecular weight is 383 g/mol. The lowest BCUT2D eigenvalue weighted by atomic mass is 10.0. The Bertz CT molecular complexity index is 744. The number of carbonyl (C=O) groups is 1. The van der Waals surface area contributed by atoms with Gasteiger partial charge in [0, 0.05) is 37.4 Å². The lowest BCUT2D eigenvalue weighted by molar-refractivity contribution is 0.0627. The first-order valence-electron chi connectivity index (χ1n) is 8.28. The van der Waals surface area contributed by atoms with Crippen molar-refractivity contribution in [1.29, 1.82) is 0 Å². The van der Waals surface area contributed by atoms with Gasteiger partial charge in [-0.15, -0.1) is 12.4 Å². The van der Waals surface area contributed by atoms with Gasteiger partial charge in [-0.3, -0.25) is 9.48 Å². The Kier molecular flexibility index (Phi) is 6.49. The van der Waals surface area contributed by atoms with Crippen molar-refractivity contribution in [2.45, 2.75) is 25.8 Å². The molecule has 0 spiro atoms. The normalized spacial score (nSPS) is 17.5. The number of nitrogens with one attached hydrogen (secondary N) is 1. The Morgan fingerprint density at radius 3 is 2.76 bits per heavy atom. The molecule has 3 rings (SSSR count). The number of amides is 1. The number of hydrogen-bond acceptors (Lipinski definition) is 3. The van der Waals surface area contributed by atoms with E-state index in [1.165, 1.54) is 0 Å². The maximum Gasteiger partial charge on any atom is 0.274 e. The first-order chi connectivity index (χ1) is 11.5. The molecule has 1 fully saturated rings. The van der Waals surface area contributed by atoms with Crippen LogP contribution >= 0.6 is 24.0 Å². The number of hydrogen-bond donors (Lipinski definition) is 1. The van der Waals surface area contributed by atoms with E-state index < -0.39 is 0 Å². The summed E-state index contributed by atoms with van der Waals surface area (Å²) in [6.07, 6.45) is 0. The lowest BCUT2D eigenvalue weighted by Crippen LogP contribution is -2.48. The van der Waals surface area contributed by atoms with Gasteiger partial charge in [-0.25, -0.2) is 0 Å². The SMILES string of the molecule is CC(C)c1cc(C(=O)N2CCNCC2c2cccc(Cl)c2)nn1C.Cl. The second kappa shape index (κ2) is 8.21. The maximum absolute atomic E-state index is 13.0. The standard InChI is InChI=1S/C18H23ClN4O.ClH/c1-12(2)16-10-15(21-22(16)3)18(24)23-8-7-20-11-17(23)13-5-4-6-14(19)9-13;/h4-6,9-10,12,17,20H,7-8,11H2,1-3H3;1H. The molecule has 5 nitrogen and oxygen atoms in total. The topological polar surface area (TPSA) is 50.2 Å². The molecule has 2 aromatic rings. The van der Waals surface area contributed by atoms with E-state index >= 15 is 0 Å². The first kappa shape index (κ1) is 19.8. The van der Waals surface area contributed by atoms with Gasteiger partial charge in [0.1, 0.15) is 0 Å². The summed E-state index contributed by atoms with van der Waals surface area (Å²) < 4.78 is 1.80. The molecule has 7 heteroatoms. The molecule has 136 valence electrons. The van der Waals surface area contributed by atoms with E-state index in [9.17, 15) is 4.79 Å². The summed E-state index contributed by atoms with van der Waals surface area (Å²) in [7, 11) is 1.89. The number of piperazine rings is 1. The molecule has 0 bridgehead atoms. The van der Waals surface area contributed by atoms with Gasteiger partial charge in [0.15, 0.2) is 5.69 Å². The monoisotopic (exact) mass is 382 g/mol. The predicted octanol–water partition coefficient (Wildman–Crippen LogP) is 3.41. The Morgan fingerprint density at radius 1 is 1.36 bits per heavy atom. The van der Waals surface area contributed by atoms with Crippen LogP contribution in [-0.2, 0) is 7.05 Å². The first-order valence-corrected chi connectivity index (χ1v) is 8.66.